The van der Waals surface area contributed by atoms with E-state index < -0.39 is 0 Å². The number of hydrogen-bond acceptors (Lipinski definition) is 3. The maximum Gasteiger partial charge on any atom is 0.254 e. The normalized spacial score (nSPS) is 28.7. The number of rotatable bonds is 3. The Labute approximate surface area is 133 Å². The first-order valence-electron chi connectivity index (χ1n) is 8.08. The van der Waals surface area contributed by atoms with Gasteiger partial charge in [0.05, 0.1) is 6.61 Å². The van der Waals surface area contributed by atoms with Gasteiger partial charge < -0.3 is 14.5 Å². The first kappa shape index (κ1) is 15.5. The lowest BCUT2D eigenvalue weighted by Gasteiger charge is -2.30. The van der Waals surface area contributed by atoms with Gasteiger partial charge in [-0.15, -0.1) is 0 Å². The van der Waals surface area contributed by atoms with Gasteiger partial charge in [0.15, 0.2) is 0 Å². The molecule has 0 aromatic heterocycles. The minimum absolute atomic E-state index is 0.181. The first-order chi connectivity index (χ1) is 10.6. The van der Waals surface area contributed by atoms with E-state index in [4.69, 9.17) is 4.74 Å². The third kappa shape index (κ3) is 2.66. The standard InChI is InChI=1S/C18H26N2O2/c1-14-6-4-5-7-16(14)17(21)20-9-8-18(13-20)12-19(2)10-15(18)11-22-3/h4-7,15H,8-13H2,1-3H3/t15-,18+/m0/s1. The van der Waals surface area contributed by atoms with Crippen LogP contribution < -0.4 is 0 Å². The Bertz CT molecular complexity index is 560. The number of ether oxygens (including phenoxy) is 1. The van der Waals surface area contributed by atoms with E-state index in [1.165, 1.54) is 0 Å². The van der Waals surface area contributed by atoms with Crippen LogP contribution in [0.3, 0.4) is 0 Å². The van der Waals surface area contributed by atoms with Gasteiger partial charge in [-0.1, -0.05) is 18.2 Å². The maximum atomic E-state index is 12.8. The highest BCUT2D eigenvalue weighted by Crippen LogP contribution is 2.43. The molecule has 4 heteroatoms. The molecular formula is C18H26N2O2. The molecule has 2 fully saturated rings. The van der Waals surface area contributed by atoms with Crippen LogP contribution in [-0.4, -0.2) is 62.7 Å². The molecule has 1 spiro atoms. The van der Waals surface area contributed by atoms with Crippen LogP contribution >= 0.6 is 0 Å². The molecule has 2 saturated heterocycles. The maximum absolute atomic E-state index is 12.8. The largest absolute Gasteiger partial charge is 0.384 e. The fraction of sp³-hybridized carbons (Fsp3) is 0.611. The fourth-order valence-electron chi connectivity index (χ4n) is 4.25. The van der Waals surface area contributed by atoms with Gasteiger partial charge in [-0.2, -0.15) is 0 Å². The molecule has 120 valence electrons. The van der Waals surface area contributed by atoms with Crippen molar-refractivity contribution in [2.24, 2.45) is 11.3 Å². The van der Waals surface area contributed by atoms with Crippen molar-refractivity contribution in [2.45, 2.75) is 13.3 Å². The van der Waals surface area contributed by atoms with Crippen LogP contribution in [0.1, 0.15) is 22.3 Å². The van der Waals surface area contributed by atoms with E-state index >= 15 is 0 Å². The highest BCUT2D eigenvalue weighted by Gasteiger charge is 2.50. The van der Waals surface area contributed by atoms with Gasteiger partial charge >= 0.3 is 0 Å². The summed E-state index contributed by atoms with van der Waals surface area (Å²) in [7, 11) is 3.94. The molecule has 2 aliphatic rings. The van der Waals surface area contributed by atoms with Gasteiger partial charge in [0, 0.05) is 50.2 Å². The van der Waals surface area contributed by atoms with Crippen molar-refractivity contribution in [3.8, 4) is 0 Å². The van der Waals surface area contributed by atoms with Crippen molar-refractivity contribution >= 4 is 5.91 Å². The van der Waals surface area contributed by atoms with Crippen LogP contribution in [0.2, 0.25) is 0 Å². The number of nitrogens with zero attached hydrogens (tertiary/aromatic N) is 2. The lowest BCUT2D eigenvalue weighted by Crippen LogP contribution is -2.38. The summed E-state index contributed by atoms with van der Waals surface area (Å²) in [5.41, 5.74) is 2.11. The lowest BCUT2D eigenvalue weighted by atomic mass is 9.77. The molecule has 0 saturated carbocycles. The zero-order valence-corrected chi connectivity index (χ0v) is 13.8. The third-order valence-electron chi connectivity index (χ3n) is 5.40. The Morgan fingerprint density at radius 1 is 1.36 bits per heavy atom. The Hall–Kier alpha value is -1.39. The van der Waals surface area contributed by atoms with Crippen molar-refractivity contribution in [1.29, 1.82) is 0 Å². The number of amides is 1. The van der Waals surface area contributed by atoms with E-state index in [1.54, 1.807) is 7.11 Å². The van der Waals surface area contributed by atoms with Gasteiger partial charge in [-0.25, -0.2) is 0 Å². The SMILES string of the molecule is COC[C@@H]1CN(C)C[C@@]12CCN(C(=O)c1ccccc1C)C2. The minimum atomic E-state index is 0.181. The molecule has 0 N–H and O–H groups in total. The molecular weight excluding hydrogens is 276 g/mol. The van der Waals surface area contributed by atoms with Crippen molar-refractivity contribution in [1.82, 2.24) is 9.80 Å². The molecule has 22 heavy (non-hydrogen) atoms. The van der Waals surface area contributed by atoms with E-state index in [0.29, 0.717) is 5.92 Å². The number of aryl methyl sites for hydroxylation is 1. The molecule has 2 aliphatic heterocycles. The Kier molecular flexibility index (Phi) is 4.24. The topological polar surface area (TPSA) is 32.8 Å². The number of likely N-dealkylation sites (tertiary alicyclic amines) is 2. The predicted octanol–water partition coefficient (Wildman–Crippen LogP) is 2.04. The van der Waals surface area contributed by atoms with E-state index in [-0.39, 0.29) is 11.3 Å². The number of benzene rings is 1. The van der Waals surface area contributed by atoms with E-state index in [1.807, 2.05) is 36.1 Å². The molecule has 1 aromatic carbocycles. The second-order valence-electron chi connectivity index (χ2n) is 7.00. The predicted molar refractivity (Wildman–Crippen MR) is 87.0 cm³/mol. The first-order valence-corrected chi connectivity index (χ1v) is 8.08. The summed E-state index contributed by atoms with van der Waals surface area (Å²) >= 11 is 0. The molecule has 1 aromatic rings. The highest BCUT2D eigenvalue weighted by atomic mass is 16.5. The summed E-state index contributed by atoms with van der Waals surface area (Å²) in [6, 6.07) is 7.88. The summed E-state index contributed by atoms with van der Waals surface area (Å²) in [6.45, 7) is 6.66. The zero-order valence-electron chi connectivity index (χ0n) is 13.8. The summed E-state index contributed by atoms with van der Waals surface area (Å²) in [4.78, 5) is 17.3. The summed E-state index contributed by atoms with van der Waals surface area (Å²) in [6.07, 6.45) is 1.09. The van der Waals surface area contributed by atoms with Crippen molar-refractivity contribution < 1.29 is 9.53 Å². The lowest BCUT2D eigenvalue weighted by molar-refractivity contribution is 0.0715. The summed E-state index contributed by atoms with van der Waals surface area (Å²) < 4.78 is 5.43. The van der Waals surface area contributed by atoms with E-state index in [0.717, 1.165) is 50.3 Å². The van der Waals surface area contributed by atoms with Crippen LogP contribution in [0.4, 0.5) is 0 Å². The Morgan fingerprint density at radius 2 is 2.14 bits per heavy atom. The molecule has 0 aliphatic carbocycles. The monoisotopic (exact) mass is 302 g/mol. The smallest absolute Gasteiger partial charge is 0.254 e. The quantitative estimate of drug-likeness (QED) is 0.856. The number of carbonyl (C=O) groups is 1. The van der Waals surface area contributed by atoms with Gasteiger partial charge in [-0.3, -0.25) is 4.79 Å². The fourth-order valence-corrected chi connectivity index (χ4v) is 4.25. The number of hydrogen-bond donors (Lipinski definition) is 0. The molecule has 2 atom stereocenters. The average molecular weight is 302 g/mol. The molecule has 3 rings (SSSR count). The van der Waals surface area contributed by atoms with Gasteiger partial charge in [0.1, 0.15) is 0 Å². The van der Waals surface area contributed by atoms with Crippen LogP contribution in [0.15, 0.2) is 24.3 Å². The molecule has 0 bridgehead atoms. The van der Waals surface area contributed by atoms with Crippen molar-refractivity contribution in [2.75, 3.05) is 46.9 Å². The zero-order chi connectivity index (χ0) is 15.7. The summed E-state index contributed by atoms with van der Waals surface area (Å²) in [5.74, 6) is 0.706. The molecule has 2 heterocycles. The van der Waals surface area contributed by atoms with E-state index in [2.05, 4.69) is 11.9 Å². The average Bonchev–Trinajstić information content (AvgIpc) is 3.04. The van der Waals surface area contributed by atoms with Gasteiger partial charge in [0.2, 0.25) is 0 Å². The second-order valence-corrected chi connectivity index (χ2v) is 7.00. The molecule has 0 unspecified atom stereocenters. The molecule has 4 nitrogen and oxygen atoms in total. The van der Waals surface area contributed by atoms with Crippen LogP contribution in [0.5, 0.6) is 0 Å². The summed E-state index contributed by atoms with van der Waals surface area (Å²) in [5, 5.41) is 0. The van der Waals surface area contributed by atoms with Gasteiger partial charge in [-0.05, 0) is 32.0 Å². The Morgan fingerprint density at radius 3 is 2.86 bits per heavy atom. The van der Waals surface area contributed by atoms with Crippen molar-refractivity contribution in [3.05, 3.63) is 35.4 Å². The third-order valence-corrected chi connectivity index (χ3v) is 5.40. The number of methoxy groups -OCH3 is 1. The van der Waals surface area contributed by atoms with E-state index in [9.17, 15) is 4.79 Å². The molecule has 0 radical (unpaired) electrons. The second kappa shape index (κ2) is 6.01. The Balaban J connectivity index is 1.77. The van der Waals surface area contributed by atoms with Gasteiger partial charge in [0.25, 0.3) is 5.91 Å². The minimum Gasteiger partial charge on any atom is -0.384 e. The number of carbonyl (C=O) groups excluding carboxylic acids is 1. The van der Waals surface area contributed by atoms with Crippen LogP contribution in [-0.2, 0) is 4.74 Å². The molecule has 1 amide bonds. The van der Waals surface area contributed by atoms with Crippen LogP contribution in [0.25, 0.3) is 0 Å². The van der Waals surface area contributed by atoms with Crippen LogP contribution in [0, 0.1) is 18.3 Å². The highest BCUT2D eigenvalue weighted by molar-refractivity contribution is 5.95. The van der Waals surface area contributed by atoms with Crippen molar-refractivity contribution in [3.63, 3.8) is 0 Å².